The minimum absolute atomic E-state index is 0. The quantitative estimate of drug-likeness (QED) is 0.591. The van der Waals surface area contributed by atoms with Crippen LogP contribution >= 0.6 is 12.4 Å². The first-order chi connectivity index (χ1) is 14.6. The molecule has 3 aromatic rings. The number of piperidine rings is 1. The highest BCUT2D eigenvalue weighted by Gasteiger charge is 2.22. The zero-order chi connectivity index (χ0) is 20.9. The summed E-state index contributed by atoms with van der Waals surface area (Å²) in [6.07, 6.45) is 3.10. The molecule has 1 fully saturated rings. The van der Waals surface area contributed by atoms with Crippen LogP contribution in [0.3, 0.4) is 0 Å². The predicted molar refractivity (Wildman–Crippen MR) is 124 cm³/mol. The molecule has 1 aromatic heterocycles. The Kier molecular flexibility index (Phi) is 8.04. The van der Waals surface area contributed by atoms with Crippen molar-refractivity contribution < 1.29 is 9.18 Å². The number of nitrogens with one attached hydrogen (secondary N) is 1. The molecular formula is C24H30ClFN4O. The molecule has 0 atom stereocenters. The summed E-state index contributed by atoms with van der Waals surface area (Å²) >= 11 is 0. The number of aromatic nitrogens is 2. The van der Waals surface area contributed by atoms with Crippen LogP contribution in [0, 0.1) is 11.7 Å². The van der Waals surface area contributed by atoms with Crippen LogP contribution in [0.5, 0.6) is 0 Å². The number of halogens is 2. The van der Waals surface area contributed by atoms with Gasteiger partial charge in [-0.3, -0.25) is 9.48 Å². The standard InChI is InChI=1S/C24H29FN4O.ClH/c1-2-29-23(21-5-3-4-6-22(21)27-29)24(30)26-17-19-12-15-28(16-13-19)14-11-18-7-9-20(25)10-8-18;/h3-10,19H,2,11-17H2,1H3,(H,26,30);1H. The second-order valence-electron chi connectivity index (χ2n) is 8.05. The molecule has 31 heavy (non-hydrogen) atoms. The molecule has 1 aliphatic heterocycles. The summed E-state index contributed by atoms with van der Waals surface area (Å²) in [7, 11) is 0. The number of carbonyl (C=O) groups excluding carboxylic acids is 1. The summed E-state index contributed by atoms with van der Waals surface area (Å²) in [5, 5.41) is 8.59. The molecule has 0 spiro atoms. The number of aryl methyl sites for hydroxylation is 1. The molecule has 1 amide bonds. The average molecular weight is 445 g/mol. The maximum absolute atomic E-state index is 13.0. The molecule has 7 heteroatoms. The highest BCUT2D eigenvalue weighted by atomic mass is 35.5. The minimum Gasteiger partial charge on any atom is -0.350 e. The van der Waals surface area contributed by atoms with Crippen molar-refractivity contribution in [3.63, 3.8) is 0 Å². The molecule has 5 nitrogen and oxygen atoms in total. The zero-order valence-electron chi connectivity index (χ0n) is 17.9. The lowest BCUT2D eigenvalue weighted by Crippen LogP contribution is -2.39. The van der Waals surface area contributed by atoms with E-state index in [1.807, 2.05) is 43.3 Å². The van der Waals surface area contributed by atoms with Crippen LogP contribution in [0.4, 0.5) is 4.39 Å². The number of benzene rings is 2. The SMILES string of the molecule is CCn1nc2ccccc2c1C(=O)NCC1CCN(CCc2ccc(F)cc2)CC1.Cl. The van der Waals surface area contributed by atoms with Gasteiger partial charge in [-0.1, -0.05) is 30.3 Å². The number of likely N-dealkylation sites (tertiary alicyclic amines) is 1. The van der Waals surface area contributed by atoms with Crippen molar-refractivity contribution in [2.24, 2.45) is 5.92 Å². The predicted octanol–water partition coefficient (Wildman–Crippen LogP) is 4.30. The van der Waals surface area contributed by atoms with Gasteiger partial charge in [-0.2, -0.15) is 5.10 Å². The number of hydrogen-bond donors (Lipinski definition) is 1. The Morgan fingerprint density at radius 1 is 1.13 bits per heavy atom. The smallest absolute Gasteiger partial charge is 0.270 e. The van der Waals surface area contributed by atoms with E-state index in [0.717, 1.165) is 49.8 Å². The Labute approximate surface area is 189 Å². The summed E-state index contributed by atoms with van der Waals surface area (Å²) < 4.78 is 14.8. The number of nitrogens with zero attached hydrogens (tertiary/aromatic N) is 3. The van der Waals surface area contributed by atoms with Crippen molar-refractivity contribution in [3.8, 4) is 0 Å². The maximum atomic E-state index is 13.0. The van der Waals surface area contributed by atoms with E-state index in [0.29, 0.717) is 24.7 Å². The molecule has 0 radical (unpaired) electrons. The van der Waals surface area contributed by atoms with Crippen LogP contribution in [0.15, 0.2) is 48.5 Å². The van der Waals surface area contributed by atoms with Crippen molar-refractivity contribution in [1.82, 2.24) is 20.0 Å². The molecule has 1 saturated heterocycles. The van der Waals surface area contributed by atoms with Crippen LogP contribution in [-0.4, -0.2) is 46.8 Å². The maximum Gasteiger partial charge on any atom is 0.270 e. The Morgan fingerprint density at radius 3 is 2.55 bits per heavy atom. The van der Waals surface area contributed by atoms with Crippen molar-refractivity contribution >= 4 is 29.2 Å². The first kappa shape index (κ1) is 23.2. The van der Waals surface area contributed by atoms with Crippen LogP contribution in [0.2, 0.25) is 0 Å². The van der Waals surface area contributed by atoms with Gasteiger partial charge in [0.2, 0.25) is 0 Å². The molecule has 0 bridgehead atoms. The van der Waals surface area contributed by atoms with Gasteiger partial charge in [0.1, 0.15) is 11.5 Å². The van der Waals surface area contributed by atoms with Crippen LogP contribution in [0.1, 0.15) is 35.8 Å². The molecule has 166 valence electrons. The van der Waals surface area contributed by atoms with E-state index in [2.05, 4.69) is 15.3 Å². The third-order valence-electron chi connectivity index (χ3n) is 6.05. The first-order valence-corrected chi connectivity index (χ1v) is 10.8. The van der Waals surface area contributed by atoms with Gasteiger partial charge in [0.25, 0.3) is 5.91 Å². The van der Waals surface area contributed by atoms with E-state index in [4.69, 9.17) is 0 Å². The largest absolute Gasteiger partial charge is 0.350 e. The zero-order valence-corrected chi connectivity index (χ0v) is 18.7. The van der Waals surface area contributed by atoms with Crippen molar-refractivity contribution in [1.29, 1.82) is 0 Å². The fourth-order valence-corrected chi connectivity index (χ4v) is 4.22. The number of rotatable bonds is 7. The van der Waals surface area contributed by atoms with Gasteiger partial charge in [0.05, 0.1) is 5.52 Å². The molecule has 1 aliphatic rings. The van der Waals surface area contributed by atoms with Gasteiger partial charge in [-0.15, -0.1) is 12.4 Å². The van der Waals surface area contributed by atoms with Crippen LogP contribution in [-0.2, 0) is 13.0 Å². The van der Waals surface area contributed by atoms with Gasteiger partial charge >= 0.3 is 0 Å². The van der Waals surface area contributed by atoms with E-state index in [-0.39, 0.29) is 24.1 Å². The number of fused-ring (bicyclic) bond motifs is 1. The number of amides is 1. The van der Waals surface area contributed by atoms with E-state index in [9.17, 15) is 9.18 Å². The third kappa shape index (κ3) is 5.63. The average Bonchev–Trinajstić information content (AvgIpc) is 3.16. The lowest BCUT2D eigenvalue weighted by atomic mass is 9.96. The summed E-state index contributed by atoms with van der Waals surface area (Å²) in [6, 6.07) is 14.6. The van der Waals surface area contributed by atoms with Crippen LogP contribution < -0.4 is 5.32 Å². The Hall–Kier alpha value is -2.44. The summed E-state index contributed by atoms with van der Waals surface area (Å²) in [5.74, 6) is 0.279. The van der Waals surface area contributed by atoms with Gasteiger partial charge in [-0.05, 0) is 69.0 Å². The van der Waals surface area contributed by atoms with Crippen molar-refractivity contribution in [2.75, 3.05) is 26.2 Å². The molecule has 0 aliphatic carbocycles. The van der Waals surface area contributed by atoms with Crippen LogP contribution in [0.25, 0.3) is 10.9 Å². The van der Waals surface area contributed by atoms with E-state index in [1.165, 1.54) is 17.7 Å². The fourth-order valence-electron chi connectivity index (χ4n) is 4.22. The van der Waals surface area contributed by atoms with E-state index < -0.39 is 0 Å². The molecule has 0 saturated carbocycles. The molecule has 2 heterocycles. The van der Waals surface area contributed by atoms with Gasteiger partial charge in [0.15, 0.2) is 0 Å². The lowest BCUT2D eigenvalue weighted by Gasteiger charge is -2.32. The van der Waals surface area contributed by atoms with Crippen molar-refractivity contribution in [3.05, 3.63) is 65.6 Å². The topological polar surface area (TPSA) is 50.2 Å². The fraction of sp³-hybridized carbons (Fsp3) is 0.417. The highest BCUT2D eigenvalue weighted by Crippen LogP contribution is 2.20. The van der Waals surface area contributed by atoms with Crippen molar-refractivity contribution in [2.45, 2.75) is 32.7 Å². The second kappa shape index (κ2) is 10.7. The molecule has 0 unspecified atom stereocenters. The molecule has 4 rings (SSSR count). The molecule has 2 aromatic carbocycles. The monoisotopic (exact) mass is 444 g/mol. The molecular weight excluding hydrogens is 415 g/mol. The van der Waals surface area contributed by atoms with E-state index in [1.54, 1.807) is 4.68 Å². The highest BCUT2D eigenvalue weighted by molar-refractivity contribution is 6.05. The van der Waals surface area contributed by atoms with Gasteiger partial charge in [-0.25, -0.2) is 4.39 Å². The Bertz CT molecular complexity index is 996. The molecule has 1 N–H and O–H groups in total. The minimum atomic E-state index is -0.184. The summed E-state index contributed by atoms with van der Waals surface area (Å²) in [6.45, 7) is 6.45. The first-order valence-electron chi connectivity index (χ1n) is 10.8. The second-order valence-corrected chi connectivity index (χ2v) is 8.05. The number of hydrogen-bond acceptors (Lipinski definition) is 3. The van der Waals surface area contributed by atoms with Gasteiger partial charge < -0.3 is 10.2 Å². The number of carbonyl (C=O) groups is 1. The summed E-state index contributed by atoms with van der Waals surface area (Å²) in [5.41, 5.74) is 2.69. The lowest BCUT2D eigenvalue weighted by molar-refractivity contribution is 0.0927. The van der Waals surface area contributed by atoms with Gasteiger partial charge in [0, 0.05) is 25.0 Å². The third-order valence-corrected chi connectivity index (χ3v) is 6.05. The van der Waals surface area contributed by atoms with E-state index >= 15 is 0 Å². The normalized spacial score (nSPS) is 15.0. The summed E-state index contributed by atoms with van der Waals surface area (Å²) in [4.78, 5) is 15.3. The Balaban J connectivity index is 0.00000272. The Morgan fingerprint density at radius 2 is 1.84 bits per heavy atom.